The lowest BCUT2D eigenvalue weighted by atomic mass is 10.1. The number of carbonyl (C=O) groups excluding carboxylic acids is 1. The fourth-order valence-electron chi connectivity index (χ4n) is 1.73. The van der Waals surface area contributed by atoms with Crippen LogP contribution < -0.4 is 11.1 Å². The van der Waals surface area contributed by atoms with Gasteiger partial charge in [0.25, 0.3) is 5.91 Å². The molecule has 1 aromatic rings. The predicted octanol–water partition coefficient (Wildman–Crippen LogP) is 2.43. The fraction of sp³-hybridized carbons (Fsp3) is 0.714. The Balaban J connectivity index is 2.80. The number of nitrogen functional groups attached to an aromatic ring is 1. The molecular formula is C14H26N4O2S. The molecule has 0 saturated heterocycles. The number of hydrogen-bond donors (Lipinski definition) is 2. The van der Waals surface area contributed by atoms with Gasteiger partial charge in [-0.25, -0.2) is 4.98 Å². The van der Waals surface area contributed by atoms with Crippen molar-refractivity contribution in [2.45, 2.75) is 40.2 Å². The summed E-state index contributed by atoms with van der Waals surface area (Å²) >= 11 is 1.30. The van der Waals surface area contributed by atoms with Crippen molar-refractivity contribution in [1.29, 1.82) is 0 Å². The van der Waals surface area contributed by atoms with Crippen LogP contribution in [0.5, 0.6) is 0 Å². The summed E-state index contributed by atoms with van der Waals surface area (Å²) in [6, 6.07) is 0. The van der Waals surface area contributed by atoms with Crippen LogP contribution >= 0.6 is 11.3 Å². The third-order valence-electron chi connectivity index (χ3n) is 2.71. The fourth-order valence-corrected chi connectivity index (χ4v) is 2.79. The first-order chi connectivity index (χ1) is 9.78. The number of hydrogen-bond acceptors (Lipinski definition) is 6. The van der Waals surface area contributed by atoms with E-state index in [1.165, 1.54) is 11.3 Å². The van der Waals surface area contributed by atoms with Gasteiger partial charge in [0.05, 0.1) is 6.61 Å². The molecule has 21 heavy (non-hydrogen) atoms. The van der Waals surface area contributed by atoms with E-state index < -0.39 is 0 Å². The van der Waals surface area contributed by atoms with E-state index in [1.54, 1.807) is 4.90 Å². The Morgan fingerprint density at radius 3 is 2.62 bits per heavy atom. The number of nitrogens with two attached hydrogens (primary N) is 1. The van der Waals surface area contributed by atoms with Crippen LogP contribution in [0.2, 0.25) is 0 Å². The predicted molar refractivity (Wildman–Crippen MR) is 88.0 cm³/mol. The Hall–Kier alpha value is -1.34. The minimum absolute atomic E-state index is 0.0887. The largest absolute Gasteiger partial charge is 0.382 e. The summed E-state index contributed by atoms with van der Waals surface area (Å²) in [6.45, 7) is 12.3. The quantitative estimate of drug-likeness (QED) is 0.756. The van der Waals surface area contributed by atoms with Crippen LogP contribution in [0.3, 0.4) is 0 Å². The number of nitrogens with one attached hydrogen (secondary N) is 1. The molecule has 3 N–H and O–H groups in total. The van der Waals surface area contributed by atoms with E-state index in [4.69, 9.17) is 10.5 Å². The van der Waals surface area contributed by atoms with Crippen LogP contribution in [0.15, 0.2) is 0 Å². The molecular weight excluding hydrogens is 288 g/mol. The minimum atomic E-state index is -0.121. The monoisotopic (exact) mass is 314 g/mol. The molecule has 0 aliphatic heterocycles. The number of ether oxygens (including phenoxy) is 1. The van der Waals surface area contributed by atoms with Crippen LogP contribution in [0.4, 0.5) is 10.9 Å². The SMILES string of the molecule is CCOCCN(CC)C(=O)c1sc(NC(C)(C)C)nc1N. The molecule has 1 rings (SSSR count). The number of aromatic nitrogens is 1. The van der Waals surface area contributed by atoms with Gasteiger partial charge in [-0.2, -0.15) is 0 Å². The first-order valence-corrected chi connectivity index (χ1v) is 8.01. The van der Waals surface area contributed by atoms with Gasteiger partial charge in [-0.05, 0) is 34.6 Å². The molecule has 0 unspecified atom stereocenters. The normalized spacial score (nSPS) is 11.5. The number of anilines is 2. The van der Waals surface area contributed by atoms with E-state index in [2.05, 4.69) is 10.3 Å². The van der Waals surface area contributed by atoms with E-state index in [9.17, 15) is 4.79 Å². The van der Waals surface area contributed by atoms with Crippen molar-refractivity contribution in [2.75, 3.05) is 37.4 Å². The van der Waals surface area contributed by atoms with E-state index in [1.807, 2.05) is 34.6 Å². The molecule has 0 atom stereocenters. The summed E-state index contributed by atoms with van der Waals surface area (Å²) in [5.74, 6) is 0.195. The minimum Gasteiger partial charge on any atom is -0.382 e. The van der Waals surface area contributed by atoms with E-state index >= 15 is 0 Å². The van der Waals surface area contributed by atoms with Gasteiger partial charge >= 0.3 is 0 Å². The van der Waals surface area contributed by atoms with E-state index in [0.717, 1.165) is 0 Å². The highest BCUT2D eigenvalue weighted by Gasteiger charge is 2.22. The Morgan fingerprint density at radius 2 is 2.10 bits per heavy atom. The highest BCUT2D eigenvalue weighted by Crippen LogP contribution is 2.28. The summed E-state index contributed by atoms with van der Waals surface area (Å²) in [6.07, 6.45) is 0. The number of carbonyl (C=O) groups is 1. The second kappa shape index (κ2) is 7.61. The van der Waals surface area contributed by atoms with Crippen molar-refractivity contribution < 1.29 is 9.53 Å². The Bertz CT molecular complexity index is 468. The Morgan fingerprint density at radius 1 is 1.43 bits per heavy atom. The topological polar surface area (TPSA) is 80.5 Å². The number of thiazole rings is 1. The average Bonchev–Trinajstić information content (AvgIpc) is 2.72. The van der Waals surface area contributed by atoms with Gasteiger partial charge in [0, 0.05) is 25.2 Å². The van der Waals surface area contributed by atoms with Crippen LogP contribution in [0, 0.1) is 0 Å². The maximum Gasteiger partial charge on any atom is 0.267 e. The van der Waals surface area contributed by atoms with Gasteiger partial charge in [-0.3, -0.25) is 4.79 Å². The maximum atomic E-state index is 12.5. The molecule has 1 heterocycles. The lowest BCUT2D eigenvalue weighted by molar-refractivity contribution is 0.0674. The molecule has 1 amide bonds. The zero-order valence-corrected chi connectivity index (χ0v) is 14.3. The molecule has 0 fully saturated rings. The molecule has 0 aromatic carbocycles. The first-order valence-electron chi connectivity index (χ1n) is 7.20. The van der Waals surface area contributed by atoms with E-state index in [0.29, 0.717) is 36.3 Å². The van der Waals surface area contributed by atoms with Crippen molar-refractivity contribution >= 4 is 28.2 Å². The van der Waals surface area contributed by atoms with Gasteiger partial charge < -0.3 is 20.7 Å². The third kappa shape index (κ3) is 5.51. The highest BCUT2D eigenvalue weighted by molar-refractivity contribution is 7.18. The molecule has 0 bridgehead atoms. The third-order valence-corrected chi connectivity index (χ3v) is 3.68. The molecule has 1 aromatic heterocycles. The van der Waals surface area contributed by atoms with Crippen molar-refractivity contribution in [1.82, 2.24) is 9.88 Å². The van der Waals surface area contributed by atoms with Gasteiger partial charge in [0.15, 0.2) is 5.13 Å². The van der Waals surface area contributed by atoms with Crippen LogP contribution in [-0.2, 0) is 4.74 Å². The molecule has 0 aliphatic carbocycles. The van der Waals surface area contributed by atoms with Crippen LogP contribution in [0.1, 0.15) is 44.3 Å². The number of amides is 1. The zero-order chi connectivity index (χ0) is 16.0. The zero-order valence-electron chi connectivity index (χ0n) is 13.5. The summed E-state index contributed by atoms with van der Waals surface area (Å²) in [5.41, 5.74) is 5.77. The smallest absolute Gasteiger partial charge is 0.267 e. The van der Waals surface area contributed by atoms with Crippen LogP contribution in [-0.4, -0.2) is 47.6 Å². The number of rotatable bonds is 7. The number of likely N-dealkylation sites (N-methyl/N-ethyl adjacent to an activating group) is 1. The second-order valence-corrected chi connectivity index (χ2v) is 6.69. The van der Waals surface area contributed by atoms with Crippen molar-refractivity contribution in [3.63, 3.8) is 0 Å². The lowest BCUT2D eigenvalue weighted by Crippen LogP contribution is -2.33. The lowest BCUT2D eigenvalue weighted by Gasteiger charge is -2.20. The Kier molecular flexibility index (Phi) is 6.42. The molecule has 0 aliphatic rings. The summed E-state index contributed by atoms with van der Waals surface area (Å²) < 4.78 is 5.30. The molecule has 0 radical (unpaired) electrons. The standard InChI is InChI=1S/C14H26N4O2S/c1-6-18(8-9-20-7-2)12(19)10-11(15)16-13(21-10)17-14(3,4)5/h6-9,15H2,1-5H3,(H,16,17). The van der Waals surface area contributed by atoms with Gasteiger partial charge in [0.1, 0.15) is 10.7 Å². The summed E-state index contributed by atoms with van der Waals surface area (Å²) in [7, 11) is 0. The molecule has 120 valence electrons. The summed E-state index contributed by atoms with van der Waals surface area (Å²) in [4.78, 5) is 18.9. The molecule has 7 heteroatoms. The Labute approximate surface area is 130 Å². The van der Waals surface area contributed by atoms with Crippen molar-refractivity contribution in [3.05, 3.63) is 4.88 Å². The van der Waals surface area contributed by atoms with Crippen LogP contribution in [0.25, 0.3) is 0 Å². The molecule has 6 nitrogen and oxygen atoms in total. The van der Waals surface area contributed by atoms with Gasteiger partial charge in [-0.1, -0.05) is 11.3 Å². The van der Waals surface area contributed by atoms with E-state index in [-0.39, 0.29) is 17.3 Å². The molecule has 0 spiro atoms. The number of nitrogens with zero attached hydrogens (tertiary/aromatic N) is 2. The molecule has 0 saturated carbocycles. The average molecular weight is 314 g/mol. The summed E-state index contributed by atoms with van der Waals surface area (Å²) in [5, 5.41) is 3.91. The maximum absolute atomic E-state index is 12.5. The second-order valence-electron chi connectivity index (χ2n) is 5.69. The first kappa shape index (κ1) is 17.7. The van der Waals surface area contributed by atoms with Crippen molar-refractivity contribution in [2.24, 2.45) is 0 Å². The van der Waals surface area contributed by atoms with Crippen molar-refractivity contribution in [3.8, 4) is 0 Å². The van der Waals surface area contributed by atoms with Gasteiger partial charge in [-0.15, -0.1) is 0 Å². The van der Waals surface area contributed by atoms with Gasteiger partial charge in [0.2, 0.25) is 0 Å². The highest BCUT2D eigenvalue weighted by atomic mass is 32.1.